The van der Waals surface area contributed by atoms with Gasteiger partial charge in [-0.15, -0.1) is 0 Å². The first-order valence-corrected chi connectivity index (χ1v) is 8.97. The first-order valence-electron chi connectivity index (χ1n) is 3.92. The predicted octanol–water partition coefficient (Wildman–Crippen LogP) is 0.849. The fourth-order valence-electron chi connectivity index (χ4n) is 0.781. The highest BCUT2D eigenvalue weighted by Crippen LogP contribution is 2.64. The maximum Gasteiger partial charge on any atom is 0.476 e. The summed E-state index contributed by atoms with van der Waals surface area (Å²) in [6.45, 7) is 2.82. The Bertz CT molecular complexity index is 369. The lowest BCUT2D eigenvalue weighted by atomic mass is 10.5. The third kappa shape index (κ3) is 8.58. The van der Waals surface area contributed by atoms with Crippen LogP contribution < -0.4 is 0 Å². The van der Waals surface area contributed by atoms with Gasteiger partial charge in [0, 0.05) is 0 Å². The van der Waals surface area contributed by atoms with Gasteiger partial charge < -0.3 is 24.1 Å². The molecule has 12 heteroatoms. The van der Waals surface area contributed by atoms with Crippen molar-refractivity contribution in [1.29, 1.82) is 0 Å². The molecule has 0 fully saturated rings. The molecule has 0 heterocycles. The Labute approximate surface area is 91.7 Å². The molecule has 98 valence electrons. The van der Waals surface area contributed by atoms with Gasteiger partial charge in [-0.05, 0) is 13.8 Å². The van der Waals surface area contributed by atoms with Crippen molar-refractivity contribution in [2.24, 2.45) is 0 Å². The minimum atomic E-state index is -5.21. The first kappa shape index (κ1) is 16.4. The monoisotopic (exact) mass is 298 g/mol. The van der Waals surface area contributed by atoms with Crippen molar-refractivity contribution in [2.75, 3.05) is 5.90 Å². The molecule has 0 aromatic heterocycles. The molecule has 0 aromatic rings. The summed E-state index contributed by atoms with van der Waals surface area (Å²) >= 11 is 0. The maximum atomic E-state index is 11.2. The average Bonchev–Trinajstić information content (AvgIpc) is 1.69. The van der Waals surface area contributed by atoms with Crippen LogP contribution in [-0.2, 0) is 22.5 Å². The summed E-state index contributed by atoms with van der Waals surface area (Å²) in [7, 11) is -14.5. The van der Waals surface area contributed by atoms with E-state index in [2.05, 4.69) is 8.83 Å². The molecule has 2 unspecified atom stereocenters. The van der Waals surface area contributed by atoms with Crippen LogP contribution in [0.15, 0.2) is 0 Å². The number of hydrogen-bond donors (Lipinski definition) is 4. The van der Waals surface area contributed by atoms with Crippen LogP contribution in [0.4, 0.5) is 0 Å². The molecule has 16 heavy (non-hydrogen) atoms. The van der Waals surface area contributed by atoms with Gasteiger partial charge >= 0.3 is 23.0 Å². The molecular weight excluding hydrogens is 285 g/mol. The second-order valence-electron chi connectivity index (χ2n) is 3.14. The summed E-state index contributed by atoms with van der Waals surface area (Å²) in [5.41, 5.74) is 0. The maximum absolute atomic E-state index is 11.2. The van der Waals surface area contributed by atoms with Crippen LogP contribution in [0.2, 0.25) is 0 Å². The van der Waals surface area contributed by atoms with Crippen LogP contribution >= 0.6 is 23.0 Å². The Morgan fingerprint density at radius 3 is 1.75 bits per heavy atom. The van der Waals surface area contributed by atoms with E-state index in [0.717, 1.165) is 0 Å². The Morgan fingerprint density at radius 2 is 1.44 bits per heavy atom. The number of rotatable bonds is 6. The zero-order valence-corrected chi connectivity index (χ0v) is 11.1. The quantitative estimate of drug-likeness (QED) is 0.523. The standard InChI is InChI=1S/C4H13O9P3/c1-4(2)12-14(5,6)3-15(7,8)13-16(9,10)11/h4H,3H2,1-2H3,(H,5,6)(H,7,8)(H2,9,10,11). The summed E-state index contributed by atoms with van der Waals surface area (Å²) in [4.78, 5) is 34.6. The van der Waals surface area contributed by atoms with Crippen LogP contribution in [0.1, 0.15) is 13.8 Å². The van der Waals surface area contributed by atoms with Crippen molar-refractivity contribution in [3.8, 4) is 0 Å². The van der Waals surface area contributed by atoms with Gasteiger partial charge in [0.1, 0.15) is 0 Å². The Morgan fingerprint density at radius 1 is 1.00 bits per heavy atom. The van der Waals surface area contributed by atoms with Crippen molar-refractivity contribution in [3.63, 3.8) is 0 Å². The fourth-order valence-corrected chi connectivity index (χ4v) is 5.51. The van der Waals surface area contributed by atoms with Gasteiger partial charge in [0.05, 0.1) is 6.10 Å². The van der Waals surface area contributed by atoms with Gasteiger partial charge in [-0.3, -0.25) is 9.13 Å². The van der Waals surface area contributed by atoms with Gasteiger partial charge in [-0.25, -0.2) is 8.88 Å². The van der Waals surface area contributed by atoms with E-state index in [1.807, 2.05) is 0 Å². The second kappa shape index (κ2) is 5.40. The molecule has 0 bridgehead atoms. The van der Waals surface area contributed by atoms with E-state index in [1.54, 1.807) is 0 Å². The van der Waals surface area contributed by atoms with E-state index in [9.17, 15) is 13.7 Å². The molecule has 0 spiro atoms. The van der Waals surface area contributed by atoms with Gasteiger partial charge in [0.15, 0.2) is 5.90 Å². The van der Waals surface area contributed by atoms with Crippen LogP contribution in [0.25, 0.3) is 0 Å². The first-order chi connectivity index (χ1) is 6.83. The molecule has 0 aliphatic rings. The van der Waals surface area contributed by atoms with Gasteiger partial charge in [0.2, 0.25) is 0 Å². The van der Waals surface area contributed by atoms with Gasteiger partial charge in [0.25, 0.3) is 0 Å². The van der Waals surface area contributed by atoms with E-state index < -0.39 is 35.0 Å². The Hall–Kier alpha value is 0.450. The van der Waals surface area contributed by atoms with Crippen molar-refractivity contribution >= 4 is 23.0 Å². The molecule has 0 amide bonds. The molecule has 0 aromatic carbocycles. The normalized spacial score (nSPS) is 20.4. The molecule has 0 aliphatic carbocycles. The molecule has 0 aliphatic heterocycles. The van der Waals surface area contributed by atoms with Crippen molar-refractivity contribution in [1.82, 2.24) is 0 Å². The SMILES string of the molecule is CC(C)OP(=O)(O)CP(=O)(O)OP(=O)(O)O. The zero-order chi connectivity index (χ0) is 13.2. The van der Waals surface area contributed by atoms with E-state index >= 15 is 0 Å². The lowest BCUT2D eigenvalue weighted by Crippen LogP contribution is -2.04. The van der Waals surface area contributed by atoms with Crippen molar-refractivity contribution < 1.29 is 42.1 Å². The summed E-state index contributed by atoms with van der Waals surface area (Å²) in [6.07, 6.45) is -0.689. The minimum absolute atomic E-state index is 0.689. The lowest BCUT2D eigenvalue weighted by Gasteiger charge is -2.18. The molecule has 0 radical (unpaired) electrons. The molecule has 2 atom stereocenters. The third-order valence-electron chi connectivity index (χ3n) is 0.967. The minimum Gasteiger partial charge on any atom is -0.324 e. The smallest absolute Gasteiger partial charge is 0.324 e. The Kier molecular flexibility index (Phi) is 5.55. The van der Waals surface area contributed by atoms with Crippen LogP contribution in [0, 0.1) is 0 Å². The highest BCUT2D eigenvalue weighted by molar-refractivity contribution is 7.74. The molecule has 9 nitrogen and oxygen atoms in total. The van der Waals surface area contributed by atoms with E-state index in [1.165, 1.54) is 13.8 Å². The van der Waals surface area contributed by atoms with E-state index in [4.69, 9.17) is 19.6 Å². The van der Waals surface area contributed by atoms with Gasteiger partial charge in [-0.2, -0.15) is 0 Å². The van der Waals surface area contributed by atoms with Crippen molar-refractivity contribution in [2.45, 2.75) is 20.0 Å². The number of phosphoric acid groups is 1. The number of hydrogen-bond acceptors (Lipinski definition) is 5. The highest BCUT2D eigenvalue weighted by Gasteiger charge is 2.39. The van der Waals surface area contributed by atoms with E-state index in [0.29, 0.717) is 0 Å². The van der Waals surface area contributed by atoms with Crippen LogP contribution in [0.3, 0.4) is 0 Å². The van der Waals surface area contributed by atoms with E-state index in [-0.39, 0.29) is 0 Å². The predicted molar refractivity (Wildman–Crippen MR) is 53.9 cm³/mol. The average molecular weight is 298 g/mol. The third-order valence-corrected chi connectivity index (χ3v) is 6.45. The summed E-state index contributed by atoms with van der Waals surface area (Å²) in [5.74, 6) is -1.39. The molecule has 4 N–H and O–H groups in total. The topological polar surface area (TPSA) is 151 Å². The molecule has 0 saturated carbocycles. The highest BCUT2D eigenvalue weighted by atomic mass is 31.3. The Balaban J connectivity index is 4.65. The summed E-state index contributed by atoms with van der Waals surface area (Å²) in [5, 5.41) is 0. The van der Waals surface area contributed by atoms with Gasteiger partial charge in [-0.1, -0.05) is 0 Å². The van der Waals surface area contributed by atoms with Crippen LogP contribution in [-0.4, -0.2) is 31.6 Å². The van der Waals surface area contributed by atoms with Crippen molar-refractivity contribution in [3.05, 3.63) is 0 Å². The van der Waals surface area contributed by atoms with Crippen LogP contribution in [0.5, 0.6) is 0 Å². The second-order valence-corrected chi connectivity index (χ2v) is 8.67. The largest absolute Gasteiger partial charge is 0.476 e. The zero-order valence-electron chi connectivity index (χ0n) is 8.46. The summed E-state index contributed by atoms with van der Waals surface area (Å²) < 4.78 is 40.5. The molecule has 0 saturated heterocycles. The summed E-state index contributed by atoms with van der Waals surface area (Å²) in [6, 6.07) is 0. The molecular formula is C4H13O9P3. The fraction of sp³-hybridized carbons (Fsp3) is 1.00. The molecule has 0 rings (SSSR count). The lowest BCUT2D eigenvalue weighted by molar-refractivity contribution is 0.206.